The third-order valence-corrected chi connectivity index (χ3v) is 3.62. The van der Waals surface area contributed by atoms with Crippen LogP contribution in [0.3, 0.4) is 0 Å². The Morgan fingerprint density at radius 1 is 0.842 bits per heavy atom. The molecule has 2 aromatic rings. The van der Waals surface area contributed by atoms with Gasteiger partial charge in [-0.15, -0.1) is 0 Å². The first-order valence-corrected chi connectivity index (χ1v) is 7.23. The highest BCUT2D eigenvalue weighted by molar-refractivity contribution is 9.18. The number of carbonyl (C=O) groups excluding carboxylic acids is 2. The maximum Gasteiger partial charge on any atom is 0.229 e. The van der Waals surface area contributed by atoms with Crippen LogP contribution in [0.2, 0.25) is 0 Å². The number of carbonyl (C=O) groups is 2. The molecule has 0 saturated carbocycles. The van der Waals surface area contributed by atoms with Gasteiger partial charge in [-0.05, 0) is 55.5 Å². The van der Waals surface area contributed by atoms with Gasteiger partial charge in [0.2, 0.25) is 9.39 Å². The summed E-state index contributed by atoms with van der Waals surface area (Å²) < 4.78 is -0.563. The minimum atomic E-state index is -0.287. The Bertz CT molecular complexity index is 621. The van der Waals surface area contributed by atoms with E-state index in [1.54, 1.807) is 12.1 Å². The van der Waals surface area contributed by atoms with Crippen LogP contribution in [0.4, 0.5) is 0 Å². The van der Waals surface area contributed by atoms with Crippen molar-refractivity contribution in [2.45, 2.75) is 6.42 Å². The van der Waals surface area contributed by atoms with Crippen LogP contribution in [0.5, 0.6) is 0 Å². The van der Waals surface area contributed by atoms with E-state index in [0.717, 1.165) is 11.1 Å². The monoisotopic (exact) mass is 380 g/mol. The van der Waals surface area contributed by atoms with Gasteiger partial charge in [-0.3, -0.25) is 9.59 Å². The van der Waals surface area contributed by atoms with Crippen LogP contribution in [0.15, 0.2) is 48.5 Å². The third-order valence-electron chi connectivity index (χ3n) is 2.80. The number of hydrogen-bond donors (Lipinski definition) is 0. The molecule has 0 atom stereocenters. The summed E-state index contributed by atoms with van der Waals surface area (Å²) in [5.41, 5.74) is 2.73. The van der Waals surface area contributed by atoms with Gasteiger partial charge in [-0.2, -0.15) is 0 Å². The molecule has 96 valence electrons. The highest BCUT2D eigenvalue weighted by Crippen LogP contribution is 2.23. The van der Waals surface area contributed by atoms with Crippen molar-refractivity contribution < 1.29 is 9.59 Å². The zero-order valence-electron chi connectivity index (χ0n) is 9.90. The van der Waals surface area contributed by atoms with Gasteiger partial charge >= 0.3 is 0 Å². The normalized spacial score (nSPS) is 10.2. The maximum atomic E-state index is 11.7. The average molecular weight is 382 g/mol. The minimum Gasteiger partial charge on any atom is -0.281 e. The van der Waals surface area contributed by atoms with E-state index < -0.39 is 0 Å². The summed E-state index contributed by atoms with van der Waals surface area (Å²) in [5, 5.41) is 0. The van der Waals surface area contributed by atoms with Crippen molar-refractivity contribution in [2.75, 3.05) is 0 Å². The van der Waals surface area contributed by atoms with Gasteiger partial charge in [-0.1, -0.05) is 42.5 Å². The lowest BCUT2D eigenvalue weighted by Gasteiger charge is -2.09. The first-order valence-electron chi connectivity index (χ1n) is 5.65. The molecule has 2 aromatic carbocycles. The quantitative estimate of drug-likeness (QED) is 0.738. The lowest BCUT2D eigenvalue weighted by atomic mass is 9.97. The van der Waals surface area contributed by atoms with Crippen LogP contribution >= 0.6 is 31.9 Å². The fourth-order valence-electron chi connectivity index (χ4n) is 1.96. The Morgan fingerprint density at radius 3 is 2.11 bits per heavy atom. The van der Waals surface area contributed by atoms with Crippen LogP contribution in [0, 0.1) is 0 Å². The van der Waals surface area contributed by atoms with Gasteiger partial charge in [0.25, 0.3) is 0 Å². The molecule has 0 fully saturated rings. The summed E-state index contributed by atoms with van der Waals surface area (Å²) in [7, 11) is 0. The maximum absolute atomic E-state index is 11.7. The topological polar surface area (TPSA) is 34.1 Å². The predicted molar refractivity (Wildman–Crippen MR) is 82.2 cm³/mol. The van der Waals surface area contributed by atoms with Crippen molar-refractivity contribution in [3.63, 3.8) is 0 Å². The van der Waals surface area contributed by atoms with Crippen LogP contribution in [-0.4, -0.2) is 9.39 Å². The highest BCUT2D eigenvalue weighted by Gasteiger charge is 2.17. The Morgan fingerprint density at radius 2 is 1.53 bits per heavy atom. The summed E-state index contributed by atoms with van der Waals surface area (Å²) in [4.78, 5) is 23.2. The minimum absolute atomic E-state index is 0.276. The summed E-state index contributed by atoms with van der Waals surface area (Å²) in [6, 6.07) is 15.1. The van der Waals surface area contributed by atoms with Crippen LogP contribution in [-0.2, 0) is 6.42 Å². The van der Waals surface area contributed by atoms with Crippen molar-refractivity contribution in [2.24, 2.45) is 0 Å². The molecule has 0 heterocycles. The second-order valence-electron chi connectivity index (χ2n) is 4.05. The molecule has 0 unspecified atom stereocenters. The van der Waals surface area contributed by atoms with E-state index in [9.17, 15) is 9.59 Å². The molecule has 0 radical (unpaired) electrons. The number of benzene rings is 2. The summed E-state index contributed by atoms with van der Waals surface area (Å²) >= 11 is 5.86. The first-order chi connectivity index (χ1) is 9.09. The fourth-order valence-corrected chi connectivity index (χ4v) is 2.76. The highest BCUT2D eigenvalue weighted by atomic mass is 79.9. The zero-order valence-corrected chi connectivity index (χ0v) is 13.1. The smallest absolute Gasteiger partial charge is 0.229 e. The SMILES string of the molecule is O=C(Br)c1cccc(Cc2ccccc2)c1C(=O)Br. The van der Waals surface area contributed by atoms with Crippen molar-refractivity contribution in [3.8, 4) is 0 Å². The largest absolute Gasteiger partial charge is 0.281 e. The van der Waals surface area contributed by atoms with Crippen LogP contribution in [0.25, 0.3) is 0 Å². The summed E-state index contributed by atoms with van der Waals surface area (Å²) in [6.45, 7) is 0. The van der Waals surface area contributed by atoms with Gasteiger partial charge in [0.1, 0.15) is 0 Å². The molecular formula is C15H10Br2O2. The van der Waals surface area contributed by atoms with Crippen molar-refractivity contribution in [1.82, 2.24) is 0 Å². The molecule has 0 aromatic heterocycles. The molecule has 4 heteroatoms. The van der Waals surface area contributed by atoms with Gasteiger partial charge in [-0.25, -0.2) is 0 Å². The van der Waals surface area contributed by atoms with E-state index in [0.29, 0.717) is 17.5 Å². The Kier molecular flexibility index (Phi) is 4.66. The van der Waals surface area contributed by atoms with Gasteiger partial charge in [0.15, 0.2) is 0 Å². The average Bonchev–Trinajstić information content (AvgIpc) is 2.39. The molecule has 2 rings (SSSR count). The third kappa shape index (κ3) is 3.39. The van der Waals surface area contributed by atoms with E-state index in [1.807, 2.05) is 36.4 Å². The lowest BCUT2D eigenvalue weighted by molar-refractivity contribution is 0.106. The van der Waals surface area contributed by atoms with E-state index in [-0.39, 0.29) is 9.39 Å². The molecule has 0 aliphatic rings. The number of rotatable bonds is 4. The second kappa shape index (κ2) is 6.26. The van der Waals surface area contributed by atoms with E-state index in [4.69, 9.17) is 0 Å². The van der Waals surface area contributed by atoms with Gasteiger partial charge < -0.3 is 0 Å². The van der Waals surface area contributed by atoms with Crippen LogP contribution < -0.4 is 0 Å². The predicted octanol–water partition coefficient (Wildman–Crippen LogP) is 4.35. The molecule has 0 amide bonds. The summed E-state index contributed by atoms with van der Waals surface area (Å²) in [6.07, 6.45) is 0.613. The summed E-state index contributed by atoms with van der Waals surface area (Å²) in [5.74, 6) is 0. The number of hydrogen-bond acceptors (Lipinski definition) is 2. The van der Waals surface area contributed by atoms with E-state index in [2.05, 4.69) is 31.9 Å². The molecule has 0 aliphatic heterocycles. The molecule has 19 heavy (non-hydrogen) atoms. The van der Waals surface area contributed by atoms with Crippen molar-refractivity contribution in [3.05, 3.63) is 70.8 Å². The van der Waals surface area contributed by atoms with E-state index >= 15 is 0 Å². The molecule has 0 N–H and O–H groups in total. The van der Waals surface area contributed by atoms with Crippen LogP contribution in [0.1, 0.15) is 31.8 Å². The second-order valence-corrected chi connectivity index (χ2v) is 5.49. The molecule has 0 spiro atoms. The van der Waals surface area contributed by atoms with E-state index in [1.165, 1.54) is 0 Å². The Balaban J connectivity index is 2.48. The molecule has 0 bridgehead atoms. The number of halogens is 2. The fraction of sp³-hybridized carbons (Fsp3) is 0.0667. The Hall–Kier alpha value is -1.26. The lowest BCUT2D eigenvalue weighted by Crippen LogP contribution is -2.05. The Labute approximate surface area is 128 Å². The first kappa shape index (κ1) is 14.2. The van der Waals surface area contributed by atoms with Gasteiger partial charge in [0.05, 0.1) is 0 Å². The molecular weight excluding hydrogens is 372 g/mol. The van der Waals surface area contributed by atoms with Crippen molar-refractivity contribution in [1.29, 1.82) is 0 Å². The standard InChI is InChI=1S/C15H10Br2O2/c16-14(18)12-8-4-7-11(13(12)15(17)19)9-10-5-2-1-3-6-10/h1-8H,9H2. The molecule has 2 nitrogen and oxygen atoms in total. The van der Waals surface area contributed by atoms with Gasteiger partial charge in [0, 0.05) is 11.1 Å². The molecule has 0 aliphatic carbocycles. The van der Waals surface area contributed by atoms with Crippen molar-refractivity contribution >= 4 is 41.2 Å². The zero-order chi connectivity index (χ0) is 13.8. The molecule has 0 saturated heterocycles.